The van der Waals surface area contributed by atoms with Gasteiger partial charge in [0.1, 0.15) is 0 Å². The molecule has 0 atom stereocenters. The van der Waals surface area contributed by atoms with Gasteiger partial charge in [-0.2, -0.15) is 0 Å². The summed E-state index contributed by atoms with van der Waals surface area (Å²) in [7, 11) is 0. The second-order valence-corrected chi connectivity index (χ2v) is 4.97. The van der Waals surface area contributed by atoms with E-state index in [1.54, 1.807) is 5.57 Å². The largest absolute Gasteiger partial charge is 0.0652 e. The van der Waals surface area contributed by atoms with E-state index in [9.17, 15) is 0 Å². The molecule has 1 heteroatoms. The van der Waals surface area contributed by atoms with Crippen LogP contribution in [0.4, 0.5) is 0 Å². The van der Waals surface area contributed by atoms with Crippen LogP contribution in [0.15, 0.2) is 54.1 Å². The maximum absolute atomic E-state index is 2.40. The molecule has 2 aromatic carbocycles. The van der Waals surface area contributed by atoms with Crippen molar-refractivity contribution in [3.8, 4) is 11.1 Å². The van der Waals surface area contributed by atoms with Crippen molar-refractivity contribution in [1.29, 1.82) is 0 Å². The SMILES string of the molecule is CCCC1=Cc2c(cccc2-c2ccccc2)C1.[Zr]. The van der Waals surface area contributed by atoms with Crippen LogP contribution in [0.2, 0.25) is 0 Å². The smallest absolute Gasteiger partial charge is 0 e. The first-order valence-electron chi connectivity index (χ1n) is 6.75. The Balaban J connectivity index is 0.00000133. The quantitative estimate of drug-likeness (QED) is 0.737. The van der Waals surface area contributed by atoms with Crippen molar-refractivity contribution in [3.63, 3.8) is 0 Å². The Labute approximate surface area is 134 Å². The normalized spacial score (nSPS) is 12.6. The third-order valence-electron chi connectivity index (χ3n) is 3.62. The second-order valence-electron chi connectivity index (χ2n) is 4.97. The van der Waals surface area contributed by atoms with Crippen LogP contribution >= 0.6 is 0 Å². The molecule has 0 saturated carbocycles. The molecule has 2 aromatic rings. The van der Waals surface area contributed by atoms with Crippen LogP contribution in [0.25, 0.3) is 17.2 Å². The second kappa shape index (κ2) is 6.48. The molecule has 0 unspecified atom stereocenters. The fourth-order valence-corrected chi connectivity index (χ4v) is 2.79. The Bertz CT molecular complexity index is 582. The van der Waals surface area contributed by atoms with E-state index in [0.29, 0.717) is 0 Å². The number of benzene rings is 2. The molecular weight excluding hydrogens is 307 g/mol. The zero-order chi connectivity index (χ0) is 12.4. The van der Waals surface area contributed by atoms with Gasteiger partial charge in [-0.15, -0.1) is 0 Å². The first-order valence-corrected chi connectivity index (χ1v) is 6.75. The summed E-state index contributed by atoms with van der Waals surface area (Å²) in [5.41, 5.74) is 7.20. The Morgan fingerprint density at radius 2 is 1.74 bits per heavy atom. The van der Waals surface area contributed by atoms with Crippen molar-refractivity contribution in [2.24, 2.45) is 0 Å². The summed E-state index contributed by atoms with van der Waals surface area (Å²) in [5, 5.41) is 0. The third-order valence-corrected chi connectivity index (χ3v) is 3.62. The summed E-state index contributed by atoms with van der Waals surface area (Å²) >= 11 is 0. The van der Waals surface area contributed by atoms with Crippen LogP contribution in [-0.2, 0) is 32.6 Å². The average molecular weight is 326 g/mol. The van der Waals surface area contributed by atoms with Gasteiger partial charge >= 0.3 is 0 Å². The number of hydrogen-bond donors (Lipinski definition) is 0. The van der Waals surface area contributed by atoms with Gasteiger partial charge in [0.05, 0.1) is 0 Å². The molecule has 0 spiro atoms. The minimum atomic E-state index is 0. The minimum absolute atomic E-state index is 0. The third kappa shape index (κ3) is 2.98. The van der Waals surface area contributed by atoms with Crippen LogP contribution in [0.3, 0.4) is 0 Å². The first kappa shape index (κ1) is 14.5. The monoisotopic (exact) mass is 324 g/mol. The van der Waals surface area contributed by atoms with Gasteiger partial charge in [0.25, 0.3) is 0 Å². The predicted molar refractivity (Wildman–Crippen MR) is 78.5 cm³/mol. The van der Waals surface area contributed by atoms with E-state index in [-0.39, 0.29) is 26.2 Å². The van der Waals surface area contributed by atoms with E-state index in [4.69, 9.17) is 0 Å². The van der Waals surface area contributed by atoms with Gasteiger partial charge < -0.3 is 0 Å². The number of rotatable bonds is 3. The van der Waals surface area contributed by atoms with Crippen molar-refractivity contribution in [2.75, 3.05) is 0 Å². The minimum Gasteiger partial charge on any atom is -0.0652 e. The van der Waals surface area contributed by atoms with E-state index in [1.807, 2.05) is 0 Å². The number of hydrogen-bond acceptors (Lipinski definition) is 0. The van der Waals surface area contributed by atoms with Crippen molar-refractivity contribution >= 4 is 6.08 Å². The molecule has 1 aliphatic rings. The van der Waals surface area contributed by atoms with E-state index in [2.05, 4.69) is 61.5 Å². The van der Waals surface area contributed by atoms with E-state index < -0.39 is 0 Å². The summed E-state index contributed by atoms with van der Waals surface area (Å²) in [6.45, 7) is 2.25. The van der Waals surface area contributed by atoms with E-state index in [0.717, 1.165) is 6.42 Å². The Morgan fingerprint density at radius 1 is 0.947 bits per heavy atom. The zero-order valence-corrected chi connectivity index (χ0v) is 13.8. The molecule has 0 radical (unpaired) electrons. The first-order chi connectivity index (χ1) is 8.88. The summed E-state index contributed by atoms with van der Waals surface area (Å²) in [5.74, 6) is 0. The Hall–Kier alpha value is -0.937. The molecule has 0 fully saturated rings. The van der Waals surface area contributed by atoms with Gasteiger partial charge in [-0.05, 0) is 35.1 Å². The molecule has 0 amide bonds. The molecule has 19 heavy (non-hydrogen) atoms. The van der Waals surface area contributed by atoms with Crippen molar-refractivity contribution in [1.82, 2.24) is 0 Å². The fourth-order valence-electron chi connectivity index (χ4n) is 2.79. The van der Waals surface area contributed by atoms with Crippen molar-refractivity contribution in [3.05, 3.63) is 65.2 Å². The average Bonchev–Trinajstić information content (AvgIpc) is 2.82. The van der Waals surface area contributed by atoms with Gasteiger partial charge in [-0.3, -0.25) is 0 Å². The molecule has 0 aromatic heterocycles. The van der Waals surface area contributed by atoms with Gasteiger partial charge in [-0.1, -0.05) is 73.5 Å². The van der Waals surface area contributed by atoms with Crippen LogP contribution in [0.5, 0.6) is 0 Å². The summed E-state index contributed by atoms with van der Waals surface area (Å²) in [6, 6.07) is 17.4. The predicted octanol–water partition coefficient (Wildman–Crippen LogP) is 5.09. The summed E-state index contributed by atoms with van der Waals surface area (Å²) in [4.78, 5) is 0. The molecular formula is C18H18Zr. The maximum atomic E-state index is 2.40. The molecule has 0 nitrogen and oxygen atoms in total. The Morgan fingerprint density at radius 3 is 2.47 bits per heavy atom. The van der Waals surface area contributed by atoms with Crippen molar-refractivity contribution in [2.45, 2.75) is 26.2 Å². The van der Waals surface area contributed by atoms with E-state index in [1.165, 1.54) is 35.1 Å². The summed E-state index contributed by atoms with van der Waals surface area (Å²) in [6.07, 6.45) is 6.01. The topological polar surface area (TPSA) is 0 Å². The zero-order valence-electron chi connectivity index (χ0n) is 11.3. The van der Waals surface area contributed by atoms with Crippen LogP contribution in [0, 0.1) is 0 Å². The van der Waals surface area contributed by atoms with Gasteiger partial charge in [-0.25, -0.2) is 0 Å². The Kier molecular flexibility index (Phi) is 4.94. The molecule has 0 bridgehead atoms. The number of fused-ring (bicyclic) bond motifs is 1. The molecule has 3 rings (SSSR count). The van der Waals surface area contributed by atoms with Crippen LogP contribution in [0.1, 0.15) is 30.9 Å². The molecule has 0 aliphatic heterocycles. The molecule has 94 valence electrons. The van der Waals surface area contributed by atoms with Gasteiger partial charge in [0.15, 0.2) is 0 Å². The fraction of sp³-hybridized carbons (Fsp3) is 0.222. The molecule has 1 aliphatic carbocycles. The van der Waals surface area contributed by atoms with Crippen molar-refractivity contribution < 1.29 is 26.2 Å². The van der Waals surface area contributed by atoms with E-state index >= 15 is 0 Å². The van der Waals surface area contributed by atoms with Crippen LogP contribution in [-0.4, -0.2) is 0 Å². The molecule has 0 saturated heterocycles. The maximum Gasteiger partial charge on any atom is 0 e. The molecule has 0 N–H and O–H groups in total. The molecule has 0 heterocycles. The standard InChI is InChI=1S/C18H18.Zr/c1-2-7-14-12-16-10-6-11-17(18(16)13-14)15-8-4-3-5-9-15;/h3-6,8-11,13H,2,7,12H2,1H3;. The summed E-state index contributed by atoms with van der Waals surface area (Å²) < 4.78 is 0. The van der Waals surface area contributed by atoms with Gasteiger partial charge in [0.2, 0.25) is 0 Å². The van der Waals surface area contributed by atoms with Crippen LogP contribution < -0.4 is 0 Å². The number of allylic oxidation sites excluding steroid dienone is 1. The van der Waals surface area contributed by atoms with Gasteiger partial charge in [0, 0.05) is 26.2 Å².